The summed E-state index contributed by atoms with van der Waals surface area (Å²) in [6, 6.07) is 7.07. The first-order valence-electron chi connectivity index (χ1n) is 6.40. The van der Waals surface area contributed by atoms with Gasteiger partial charge in [-0.15, -0.1) is 11.3 Å². The quantitative estimate of drug-likeness (QED) is 0.758. The van der Waals surface area contributed by atoms with Crippen LogP contribution in [0.1, 0.15) is 29.8 Å². The number of halogens is 3. The first kappa shape index (κ1) is 15.7. The molecule has 8 heteroatoms. The summed E-state index contributed by atoms with van der Waals surface area (Å²) in [5, 5.41) is 6.83. The Labute approximate surface area is 146 Å². The molecule has 1 aromatic carbocycles. The zero-order chi connectivity index (χ0) is 15.9. The van der Waals surface area contributed by atoms with Crippen molar-refractivity contribution in [2.45, 2.75) is 19.4 Å². The van der Waals surface area contributed by atoms with Crippen LogP contribution in [-0.2, 0) is 4.79 Å². The van der Waals surface area contributed by atoms with Crippen molar-refractivity contribution in [3.05, 3.63) is 49.3 Å². The van der Waals surface area contributed by atoms with Crippen molar-refractivity contribution in [3.63, 3.8) is 0 Å². The van der Waals surface area contributed by atoms with Gasteiger partial charge in [0.1, 0.15) is 5.15 Å². The van der Waals surface area contributed by atoms with E-state index in [2.05, 4.69) is 10.1 Å². The number of aromatic nitrogens is 1. The second-order valence-electron chi connectivity index (χ2n) is 4.76. The van der Waals surface area contributed by atoms with Gasteiger partial charge in [0.15, 0.2) is 4.47 Å². The van der Waals surface area contributed by atoms with Gasteiger partial charge in [-0.05, 0) is 17.7 Å². The van der Waals surface area contributed by atoms with Crippen molar-refractivity contribution in [1.82, 2.24) is 9.99 Å². The smallest absolute Gasteiger partial charge is 0.240 e. The Morgan fingerprint density at radius 1 is 1.27 bits per heavy atom. The molecule has 22 heavy (non-hydrogen) atoms. The Morgan fingerprint density at radius 3 is 2.50 bits per heavy atom. The molecule has 1 unspecified atom stereocenters. The number of carbonyl (C=O) groups is 1. The van der Waals surface area contributed by atoms with E-state index in [0.29, 0.717) is 21.1 Å². The molecule has 1 aliphatic heterocycles. The summed E-state index contributed by atoms with van der Waals surface area (Å²) in [6.45, 7) is 1.47. The lowest BCUT2D eigenvalue weighted by atomic mass is 10.0. The van der Waals surface area contributed by atoms with Gasteiger partial charge in [0.2, 0.25) is 5.91 Å². The Morgan fingerprint density at radius 2 is 1.95 bits per heavy atom. The summed E-state index contributed by atoms with van der Waals surface area (Å²) in [6.07, 6.45) is 0.555. The third kappa shape index (κ3) is 2.99. The van der Waals surface area contributed by atoms with Crippen molar-refractivity contribution in [1.29, 1.82) is 0 Å². The molecule has 1 aliphatic rings. The number of benzene rings is 1. The van der Waals surface area contributed by atoms with E-state index < -0.39 is 0 Å². The molecule has 2 aromatic rings. The minimum Gasteiger partial charge on any atom is -0.273 e. The summed E-state index contributed by atoms with van der Waals surface area (Å²) < 4.78 is 0.350. The Hall–Kier alpha value is -1.14. The van der Waals surface area contributed by atoms with Gasteiger partial charge in [0.05, 0.1) is 16.6 Å². The Balaban J connectivity index is 1.96. The van der Waals surface area contributed by atoms with E-state index in [4.69, 9.17) is 34.8 Å². The Kier molecular flexibility index (Phi) is 4.41. The maximum absolute atomic E-state index is 11.9. The predicted octanol–water partition coefficient (Wildman–Crippen LogP) is 4.80. The van der Waals surface area contributed by atoms with Crippen LogP contribution >= 0.6 is 46.1 Å². The summed E-state index contributed by atoms with van der Waals surface area (Å²) in [5.74, 6) is -0.158. The third-order valence-electron chi connectivity index (χ3n) is 3.30. The van der Waals surface area contributed by atoms with Crippen molar-refractivity contribution < 1.29 is 4.79 Å². The lowest BCUT2D eigenvalue weighted by molar-refractivity contribution is -0.130. The molecule has 4 nitrogen and oxygen atoms in total. The van der Waals surface area contributed by atoms with Gasteiger partial charge in [-0.25, -0.2) is 9.99 Å². The third-order valence-corrected chi connectivity index (χ3v) is 5.21. The monoisotopic (exact) mass is 373 g/mol. The molecule has 0 radical (unpaired) electrons. The molecule has 0 spiro atoms. The molecule has 0 aliphatic carbocycles. The maximum Gasteiger partial charge on any atom is 0.240 e. The van der Waals surface area contributed by atoms with Crippen LogP contribution < -0.4 is 0 Å². The summed E-state index contributed by atoms with van der Waals surface area (Å²) in [4.78, 5) is 16.6. The summed E-state index contributed by atoms with van der Waals surface area (Å²) >= 11 is 19.2. The molecular weight excluding hydrogens is 365 g/mol. The molecule has 1 amide bonds. The molecule has 1 aromatic heterocycles. The van der Waals surface area contributed by atoms with Crippen molar-refractivity contribution in [2.24, 2.45) is 5.10 Å². The SMILES string of the molecule is CC(=O)N1N=C(c2ccc(Cl)cc2)CC1c1sc(Cl)nc1Cl. The number of hydrogen-bond donors (Lipinski definition) is 0. The van der Waals surface area contributed by atoms with E-state index in [1.54, 1.807) is 12.1 Å². The highest BCUT2D eigenvalue weighted by molar-refractivity contribution is 7.16. The highest BCUT2D eigenvalue weighted by atomic mass is 35.5. The first-order valence-corrected chi connectivity index (χ1v) is 8.35. The van der Waals surface area contributed by atoms with E-state index >= 15 is 0 Å². The largest absolute Gasteiger partial charge is 0.273 e. The molecule has 0 saturated carbocycles. The number of amides is 1. The lowest BCUT2D eigenvalue weighted by Crippen LogP contribution is -2.23. The van der Waals surface area contributed by atoms with Crippen LogP contribution in [0, 0.1) is 0 Å². The summed E-state index contributed by atoms with van der Waals surface area (Å²) in [5.41, 5.74) is 1.72. The van der Waals surface area contributed by atoms with Gasteiger partial charge in [-0.1, -0.05) is 46.9 Å². The lowest BCUT2D eigenvalue weighted by Gasteiger charge is -2.18. The van der Waals surface area contributed by atoms with E-state index in [1.807, 2.05) is 12.1 Å². The standard InChI is InChI=1S/C14H10Cl3N3OS/c1-7(21)20-11(12-13(16)18-14(17)22-12)6-10(19-20)8-2-4-9(15)5-3-8/h2-5,11H,6H2,1H3. The molecule has 1 atom stereocenters. The maximum atomic E-state index is 11.9. The number of nitrogens with zero attached hydrogens (tertiary/aromatic N) is 3. The minimum atomic E-state index is -0.277. The highest BCUT2D eigenvalue weighted by Crippen LogP contribution is 2.40. The van der Waals surface area contributed by atoms with Crippen LogP contribution in [0.4, 0.5) is 0 Å². The number of hydrogen-bond acceptors (Lipinski definition) is 4. The van der Waals surface area contributed by atoms with Crippen LogP contribution in [0.3, 0.4) is 0 Å². The van der Waals surface area contributed by atoms with Gasteiger partial charge < -0.3 is 0 Å². The topological polar surface area (TPSA) is 45.6 Å². The normalized spacial score (nSPS) is 17.7. The second-order valence-corrected chi connectivity index (χ2v) is 7.17. The predicted molar refractivity (Wildman–Crippen MR) is 90.0 cm³/mol. The van der Waals surface area contributed by atoms with E-state index in [9.17, 15) is 4.79 Å². The Bertz CT molecular complexity index is 757. The molecule has 0 bridgehead atoms. The number of rotatable bonds is 2. The fourth-order valence-corrected chi connectivity index (χ4v) is 3.96. The summed E-state index contributed by atoms with van der Waals surface area (Å²) in [7, 11) is 0. The first-order chi connectivity index (χ1) is 10.5. The highest BCUT2D eigenvalue weighted by Gasteiger charge is 2.34. The van der Waals surface area contributed by atoms with E-state index in [-0.39, 0.29) is 11.9 Å². The van der Waals surface area contributed by atoms with Gasteiger partial charge in [0, 0.05) is 18.4 Å². The minimum absolute atomic E-state index is 0.158. The fraction of sp³-hybridized carbons (Fsp3) is 0.214. The number of carbonyl (C=O) groups excluding carboxylic acids is 1. The van der Waals surface area contributed by atoms with Crippen molar-refractivity contribution in [3.8, 4) is 0 Å². The molecule has 0 N–H and O–H groups in total. The molecule has 0 fully saturated rings. The van der Waals surface area contributed by atoms with Crippen molar-refractivity contribution in [2.75, 3.05) is 0 Å². The van der Waals surface area contributed by atoms with Gasteiger partial charge in [0.25, 0.3) is 0 Å². The van der Waals surface area contributed by atoms with Crippen LogP contribution in [0.15, 0.2) is 29.4 Å². The van der Waals surface area contributed by atoms with Crippen LogP contribution in [-0.4, -0.2) is 21.6 Å². The average Bonchev–Trinajstić information content (AvgIpc) is 3.03. The number of hydrazone groups is 1. The van der Waals surface area contributed by atoms with E-state index in [0.717, 1.165) is 16.2 Å². The van der Waals surface area contributed by atoms with Gasteiger partial charge in [-0.2, -0.15) is 5.10 Å². The van der Waals surface area contributed by atoms with Crippen LogP contribution in [0.2, 0.25) is 14.6 Å². The van der Waals surface area contributed by atoms with Crippen LogP contribution in [0.5, 0.6) is 0 Å². The molecule has 114 valence electrons. The van der Waals surface area contributed by atoms with E-state index in [1.165, 1.54) is 23.3 Å². The average molecular weight is 375 g/mol. The second kappa shape index (κ2) is 6.16. The molecule has 0 saturated heterocycles. The van der Waals surface area contributed by atoms with Crippen molar-refractivity contribution >= 4 is 57.8 Å². The zero-order valence-corrected chi connectivity index (χ0v) is 14.5. The molecule has 3 rings (SSSR count). The zero-order valence-electron chi connectivity index (χ0n) is 11.4. The van der Waals surface area contributed by atoms with Gasteiger partial charge >= 0.3 is 0 Å². The number of thiazole rings is 1. The molecular formula is C14H10Cl3N3OS. The fourth-order valence-electron chi connectivity index (χ4n) is 2.32. The molecule has 2 heterocycles. The van der Waals surface area contributed by atoms with Gasteiger partial charge in [-0.3, -0.25) is 4.79 Å². The van der Waals surface area contributed by atoms with Crippen LogP contribution in [0.25, 0.3) is 0 Å².